The van der Waals surface area contributed by atoms with Crippen molar-refractivity contribution in [2.75, 3.05) is 5.32 Å². The van der Waals surface area contributed by atoms with E-state index in [9.17, 15) is 4.79 Å². The summed E-state index contributed by atoms with van der Waals surface area (Å²) in [5.74, 6) is 0.0846. The minimum absolute atomic E-state index is 0.229. The average molecular weight is 374 g/mol. The van der Waals surface area contributed by atoms with E-state index in [1.54, 1.807) is 12.3 Å². The van der Waals surface area contributed by atoms with Gasteiger partial charge >= 0.3 is 0 Å². The Morgan fingerprint density at radius 3 is 2.71 bits per heavy atom. The van der Waals surface area contributed by atoms with Crippen molar-refractivity contribution < 1.29 is 4.79 Å². The molecule has 0 saturated carbocycles. The summed E-state index contributed by atoms with van der Waals surface area (Å²) in [5.41, 5.74) is 5.30. The molecule has 0 aliphatic heterocycles. The molecule has 0 bridgehead atoms. The first-order chi connectivity index (χ1) is 13.5. The van der Waals surface area contributed by atoms with Crippen molar-refractivity contribution in [2.45, 2.75) is 20.8 Å². The number of hydrogen-bond acceptors (Lipinski definition) is 6. The maximum absolute atomic E-state index is 12.8. The number of amides is 1. The Labute approximate surface area is 160 Å². The fourth-order valence-corrected chi connectivity index (χ4v) is 2.91. The zero-order chi connectivity index (χ0) is 19.7. The SMILES string of the molecule is Cc1ccc(-c2cccc(C(=O)Nc3c(C)nn(-c4nn[nH]n4)c3C)c2)nc1. The maximum Gasteiger partial charge on any atom is 0.290 e. The fraction of sp³-hybridized carbons (Fsp3) is 0.158. The molecular weight excluding hydrogens is 356 g/mol. The number of pyridine rings is 1. The molecule has 9 nitrogen and oxygen atoms in total. The van der Waals surface area contributed by atoms with Crippen LogP contribution >= 0.6 is 0 Å². The van der Waals surface area contributed by atoms with E-state index in [1.807, 2.05) is 51.1 Å². The molecule has 0 aliphatic carbocycles. The molecule has 0 saturated heterocycles. The van der Waals surface area contributed by atoms with E-state index in [2.05, 4.69) is 36.0 Å². The summed E-state index contributed by atoms with van der Waals surface area (Å²) >= 11 is 0. The van der Waals surface area contributed by atoms with Gasteiger partial charge in [-0.15, -0.1) is 5.10 Å². The van der Waals surface area contributed by atoms with Gasteiger partial charge in [0, 0.05) is 17.3 Å². The number of carbonyl (C=O) groups is 1. The number of anilines is 1. The predicted octanol–water partition coefficient (Wildman–Crippen LogP) is 2.62. The molecule has 28 heavy (non-hydrogen) atoms. The molecule has 0 fully saturated rings. The van der Waals surface area contributed by atoms with Crippen LogP contribution in [0.4, 0.5) is 5.69 Å². The molecular formula is C19H18N8O. The molecule has 4 rings (SSSR count). The first-order valence-electron chi connectivity index (χ1n) is 8.67. The Hall–Kier alpha value is -3.88. The van der Waals surface area contributed by atoms with Crippen molar-refractivity contribution >= 4 is 11.6 Å². The number of aromatic nitrogens is 7. The van der Waals surface area contributed by atoms with Crippen molar-refractivity contribution in [1.29, 1.82) is 0 Å². The predicted molar refractivity (Wildman–Crippen MR) is 103 cm³/mol. The summed E-state index contributed by atoms with van der Waals surface area (Å²) in [6.07, 6.45) is 1.81. The van der Waals surface area contributed by atoms with Crippen LogP contribution in [0.5, 0.6) is 0 Å². The third kappa shape index (κ3) is 3.25. The van der Waals surface area contributed by atoms with Crippen LogP contribution in [0.25, 0.3) is 17.2 Å². The van der Waals surface area contributed by atoms with E-state index in [-0.39, 0.29) is 5.91 Å². The highest BCUT2D eigenvalue weighted by Gasteiger charge is 2.18. The standard InChI is InChI=1S/C19H18N8O/c1-11-7-8-16(20-10-11)14-5-4-6-15(9-14)18(28)21-17-12(2)24-27(13(17)3)19-22-25-26-23-19/h4-10H,1-3H3,(H,21,28)(H,22,23,25,26). The molecule has 3 aromatic heterocycles. The van der Waals surface area contributed by atoms with E-state index in [1.165, 1.54) is 4.68 Å². The second-order valence-electron chi connectivity index (χ2n) is 6.43. The number of benzene rings is 1. The molecule has 0 radical (unpaired) electrons. The Balaban J connectivity index is 1.61. The van der Waals surface area contributed by atoms with Crippen LogP contribution in [0.3, 0.4) is 0 Å². The van der Waals surface area contributed by atoms with Gasteiger partial charge in [-0.2, -0.15) is 15.0 Å². The van der Waals surface area contributed by atoms with Crippen molar-refractivity contribution in [3.05, 3.63) is 65.1 Å². The lowest BCUT2D eigenvalue weighted by Crippen LogP contribution is -2.13. The van der Waals surface area contributed by atoms with Gasteiger partial charge in [0.25, 0.3) is 11.9 Å². The van der Waals surface area contributed by atoms with Gasteiger partial charge in [-0.3, -0.25) is 9.78 Å². The van der Waals surface area contributed by atoms with Gasteiger partial charge in [-0.05, 0) is 49.7 Å². The molecule has 4 aromatic rings. The quantitative estimate of drug-likeness (QED) is 0.567. The van der Waals surface area contributed by atoms with Crippen LogP contribution in [-0.2, 0) is 0 Å². The highest BCUT2D eigenvalue weighted by Crippen LogP contribution is 2.23. The topological polar surface area (TPSA) is 114 Å². The van der Waals surface area contributed by atoms with E-state index in [0.29, 0.717) is 28.6 Å². The highest BCUT2D eigenvalue weighted by molar-refractivity contribution is 6.05. The number of carbonyl (C=O) groups excluding carboxylic acids is 1. The van der Waals surface area contributed by atoms with Gasteiger partial charge < -0.3 is 5.32 Å². The number of hydrogen-bond donors (Lipinski definition) is 2. The second-order valence-corrected chi connectivity index (χ2v) is 6.43. The first kappa shape index (κ1) is 17.5. The largest absolute Gasteiger partial charge is 0.319 e. The number of H-pyrrole nitrogens is 1. The molecule has 3 heterocycles. The number of nitrogens with one attached hydrogen (secondary N) is 2. The van der Waals surface area contributed by atoms with Crippen LogP contribution < -0.4 is 5.32 Å². The van der Waals surface area contributed by atoms with Crippen molar-refractivity contribution in [3.8, 4) is 17.2 Å². The Kier molecular flexibility index (Phi) is 4.40. The lowest BCUT2D eigenvalue weighted by Gasteiger charge is -2.08. The normalized spacial score (nSPS) is 10.8. The third-order valence-corrected chi connectivity index (χ3v) is 4.39. The molecule has 0 atom stereocenters. The van der Waals surface area contributed by atoms with Gasteiger partial charge in [0.1, 0.15) is 0 Å². The molecule has 140 valence electrons. The minimum Gasteiger partial charge on any atom is -0.319 e. The minimum atomic E-state index is -0.229. The van der Waals surface area contributed by atoms with Crippen LogP contribution in [0.2, 0.25) is 0 Å². The van der Waals surface area contributed by atoms with Gasteiger partial charge in [0.2, 0.25) is 0 Å². The highest BCUT2D eigenvalue weighted by atomic mass is 16.1. The molecule has 1 amide bonds. The summed E-state index contributed by atoms with van der Waals surface area (Å²) in [6.45, 7) is 5.63. The van der Waals surface area contributed by atoms with E-state index in [0.717, 1.165) is 16.8 Å². The van der Waals surface area contributed by atoms with Crippen molar-refractivity contribution in [2.24, 2.45) is 0 Å². The zero-order valence-electron chi connectivity index (χ0n) is 15.6. The molecule has 9 heteroatoms. The molecule has 0 spiro atoms. The Morgan fingerprint density at radius 1 is 1.14 bits per heavy atom. The summed E-state index contributed by atoms with van der Waals surface area (Å²) in [6, 6.07) is 11.3. The number of nitrogens with zero attached hydrogens (tertiary/aromatic N) is 6. The van der Waals surface area contributed by atoms with Gasteiger partial charge in [0.05, 0.1) is 22.8 Å². The smallest absolute Gasteiger partial charge is 0.290 e. The van der Waals surface area contributed by atoms with Gasteiger partial charge in [0.15, 0.2) is 0 Å². The second kappa shape index (κ2) is 7.03. The van der Waals surface area contributed by atoms with E-state index in [4.69, 9.17) is 0 Å². The van der Waals surface area contributed by atoms with Crippen molar-refractivity contribution in [3.63, 3.8) is 0 Å². The molecule has 0 aliphatic rings. The monoisotopic (exact) mass is 374 g/mol. The van der Waals surface area contributed by atoms with E-state index >= 15 is 0 Å². The summed E-state index contributed by atoms with van der Waals surface area (Å²) in [4.78, 5) is 17.3. The molecule has 0 unspecified atom stereocenters. The van der Waals surface area contributed by atoms with Gasteiger partial charge in [-0.25, -0.2) is 0 Å². The maximum atomic E-state index is 12.8. The number of rotatable bonds is 4. The first-order valence-corrected chi connectivity index (χ1v) is 8.67. The van der Waals surface area contributed by atoms with Crippen LogP contribution in [-0.4, -0.2) is 41.3 Å². The average Bonchev–Trinajstić information content (AvgIpc) is 3.32. The third-order valence-electron chi connectivity index (χ3n) is 4.39. The summed E-state index contributed by atoms with van der Waals surface area (Å²) < 4.78 is 1.53. The van der Waals surface area contributed by atoms with Crippen LogP contribution in [0, 0.1) is 20.8 Å². The van der Waals surface area contributed by atoms with Crippen LogP contribution in [0.1, 0.15) is 27.3 Å². The van der Waals surface area contributed by atoms with Crippen LogP contribution in [0.15, 0.2) is 42.6 Å². The number of tetrazole rings is 1. The number of aromatic amines is 1. The molecule has 2 N–H and O–H groups in total. The fourth-order valence-electron chi connectivity index (χ4n) is 2.91. The van der Waals surface area contributed by atoms with Gasteiger partial charge in [-0.1, -0.05) is 23.3 Å². The van der Waals surface area contributed by atoms with Crippen molar-refractivity contribution in [1.82, 2.24) is 35.4 Å². The number of aryl methyl sites for hydroxylation is 2. The lowest BCUT2D eigenvalue weighted by molar-refractivity contribution is 0.102. The zero-order valence-corrected chi connectivity index (χ0v) is 15.6. The Bertz CT molecular complexity index is 1130. The molecule has 1 aromatic carbocycles. The van der Waals surface area contributed by atoms with E-state index < -0.39 is 0 Å². The Morgan fingerprint density at radius 2 is 2.00 bits per heavy atom. The lowest BCUT2D eigenvalue weighted by atomic mass is 10.1. The summed E-state index contributed by atoms with van der Waals surface area (Å²) in [5, 5.41) is 21.1. The summed E-state index contributed by atoms with van der Waals surface area (Å²) in [7, 11) is 0.